The van der Waals surface area contributed by atoms with Crippen molar-refractivity contribution in [2.75, 3.05) is 6.61 Å². The molecular weight excluding hydrogens is 412 g/mol. The first kappa shape index (κ1) is 25.8. The van der Waals surface area contributed by atoms with Gasteiger partial charge in [-0.25, -0.2) is 0 Å². The first-order chi connectivity index (χ1) is 14.6. The van der Waals surface area contributed by atoms with Crippen LogP contribution < -0.4 is 4.74 Å². The topological polar surface area (TPSA) is 99.1 Å². The number of benzene rings is 1. The molecule has 0 saturated heterocycles. The van der Waals surface area contributed by atoms with Crippen LogP contribution in [-0.2, 0) is 23.9 Å². The van der Waals surface area contributed by atoms with Crippen molar-refractivity contribution in [3.8, 4) is 5.75 Å². The highest BCUT2D eigenvalue weighted by molar-refractivity contribution is 6.03. The van der Waals surface area contributed by atoms with E-state index in [1.54, 1.807) is 65.8 Å². The van der Waals surface area contributed by atoms with Crippen molar-refractivity contribution in [1.29, 1.82) is 0 Å². The summed E-state index contributed by atoms with van der Waals surface area (Å²) in [5.41, 5.74) is -2.77. The molecule has 0 bridgehead atoms. The molecule has 1 aromatic rings. The Hall–Kier alpha value is -2.41. The van der Waals surface area contributed by atoms with Crippen LogP contribution in [0.5, 0.6) is 5.75 Å². The molecule has 0 aliphatic heterocycles. The molecule has 1 aromatic carbocycles. The third kappa shape index (κ3) is 6.31. The Morgan fingerprint density at radius 1 is 1.00 bits per heavy atom. The van der Waals surface area contributed by atoms with Crippen molar-refractivity contribution in [3.63, 3.8) is 0 Å². The number of hydrogen-bond donors (Lipinski definition) is 1. The zero-order valence-corrected chi connectivity index (χ0v) is 20.4. The van der Waals surface area contributed by atoms with Crippen molar-refractivity contribution in [2.45, 2.75) is 84.5 Å². The second kappa shape index (κ2) is 9.22. The van der Waals surface area contributed by atoms with Crippen LogP contribution in [0.15, 0.2) is 24.3 Å². The average molecular weight is 449 g/mol. The second-order valence-electron chi connectivity index (χ2n) is 10.6. The zero-order chi connectivity index (χ0) is 24.5. The minimum absolute atomic E-state index is 0.353. The van der Waals surface area contributed by atoms with Gasteiger partial charge in [0.25, 0.3) is 0 Å². The molecule has 0 unspecified atom stereocenters. The highest BCUT2D eigenvalue weighted by Crippen LogP contribution is 2.47. The molecule has 1 N–H and O–H groups in total. The summed E-state index contributed by atoms with van der Waals surface area (Å²) in [5, 5.41) is 11.2. The lowest BCUT2D eigenvalue weighted by Gasteiger charge is -2.44. The highest BCUT2D eigenvalue weighted by Gasteiger charge is 2.57. The zero-order valence-electron chi connectivity index (χ0n) is 20.4. The van der Waals surface area contributed by atoms with Gasteiger partial charge in [0, 0.05) is 12.3 Å². The predicted octanol–water partition coefficient (Wildman–Crippen LogP) is 3.81. The lowest BCUT2D eigenvalue weighted by molar-refractivity contribution is -0.182. The fraction of sp³-hybridized carbons (Fsp3) is 0.640. The molecule has 1 saturated carbocycles. The number of ketones is 1. The number of esters is 2. The summed E-state index contributed by atoms with van der Waals surface area (Å²) < 4.78 is 16.6. The van der Waals surface area contributed by atoms with E-state index in [9.17, 15) is 19.5 Å². The van der Waals surface area contributed by atoms with Crippen LogP contribution in [0.2, 0.25) is 0 Å². The molecule has 7 nitrogen and oxygen atoms in total. The molecule has 2 rings (SSSR count). The van der Waals surface area contributed by atoms with Gasteiger partial charge in [0.05, 0.1) is 18.1 Å². The maximum Gasteiger partial charge on any atom is 0.317 e. The van der Waals surface area contributed by atoms with E-state index in [1.165, 1.54) is 6.92 Å². The van der Waals surface area contributed by atoms with Gasteiger partial charge < -0.3 is 19.3 Å². The fourth-order valence-electron chi connectivity index (χ4n) is 4.10. The summed E-state index contributed by atoms with van der Waals surface area (Å²) in [6.45, 7) is 14.1. The first-order valence-electron chi connectivity index (χ1n) is 11.0. The Balaban J connectivity index is 2.62. The van der Waals surface area contributed by atoms with Gasteiger partial charge in [-0.3, -0.25) is 14.4 Å². The summed E-state index contributed by atoms with van der Waals surface area (Å²) in [4.78, 5) is 39.5. The van der Waals surface area contributed by atoms with Crippen molar-refractivity contribution in [3.05, 3.63) is 29.8 Å². The SMILES string of the molecule is CCOc1ccc([C@@H]2[C@H](C(=O)OC(C)(C)C)C(=O)C[C@@](C)(O)[C@@H]2C(=O)OC(C)(C)C)cc1. The number of hydrogen-bond acceptors (Lipinski definition) is 7. The minimum Gasteiger partial charge on any atom is -0.494 e. The molecule has 0 amide bonds. The minimum atomic E-state index is -1.69. The van der Waals surface area contributed by atoms with Crippen LogP contribution in [0.3, 0.4) is 0 Å². The van der Waals surface area contributed by atoms with Gasteiger partial charge in [-0.1, -0.05) is 12.1 Å². The van der Waals surface area contributed by atoms with Gasteiger partial charge in [0.2, 0.25) is 0 Å². The Morgan fingerprint density at radius 3 is 1.97 bits per heavy atom. The van der Waals surface area contributed by atoms with Gasteiger partial charge >= 0.3 is 11.9 Å². The molecule has 178 valence electrons. The predicted molar refractivity (Wildman–Crippen MR) is 119 cm³/mol. The molecule has 0 spiro atoms. The normalized spacial score (nSPS) is 26.4. The number of carbonyl (C=O) groups excluding carboxylic acids is 3. The number of Topliss-reactive ketones (excluding diaryl/α,β-unsaturated/α-hetero) is 1. The standard InChI is InChI=1S/C25H36O7/c1-9-30-16-12-10-15(11-13-16)18-19(21(27)31-23(2,3)4)17(26)14-25(8,29)20(18)22(28)32-24(5,6)7/h10-13,18-20,29H,9,14H2,1-8H3/t18-,19-,20+,25-/m1/s1. The van der Waals surface area contributed by atoms with Gasteiger partial charge in [-0.15, -0.1) is 0 Å². The molecule has 1 aliphatic carbocycles. The van der Waals surface area contributed by atoms with E-state index in [0.29, 0.717) is 17.9 Å². The highest BCUT2D eigenvalue weighted by atomic mass is 16.6. The van der Waals surface area contributed by atoms with Crippen LogP contribution >= 0.6 is 0 Å². The van der Waals surface area contributed by atoms with E-state index in [4.69, 9.17) is 14.2 Å². The molecule has 0 aromatic heterocycles. The van der Waals surface area contributed by atoms with Gasteiger partial charge in [-0.2, -0.15) is 0 Å². The van der Waals surface area contributed by atoms with Crippen molar-refractivity contribution < 1.29 is 33.7 Å². The lowest BCUT2D eigenvalue weighted by atomic mass is 9.61. The van der Waals surface area contributed by atoms with E-state index in [-0.39, 0.29) is 6.42 Å². The van der Waals surface area contributed by atoms with Crippen LogP contribution in [0.1, 0.15) is 73.3 Å². The quantitative estimate of drug-likeness (QED) is 0.540. The summed E-state index contributed by atoms with van der Waals surface area (Å²) in [5.74, 6) is -4.57. The third-order valence-electron chi connectivity index (χ3n) is 5.16. The van der Waals surface area contributed by atoms with Gasteiger partial charge in [-0.05, 0) is 73.1 Å². The first-order valence-corrected chi connectivity index (χ1v) is 11.0. The van der Waals surface area contributed by atoms with E-state index in [1.807, 2.05) is 6.92 Å². The lowest BCUT2D eigenvalue weighted by Crippen LogP contribution is -2.56. The molecular formula is C25H36O7. The Morgan fingerprint density at radius 2 is 1.50 bits per heavy atom. The monoisotopic (exact) mass is 448 g/mol. The van der Waals surface area contributed by atoms with E-state index < -0.39 is 52.3 Å². The average Bonchev–Trinajstić information content (AvgIpc) is 2.57. The maximum absolute atomic E-state index is 13.3. The molecule has 1 aliphatic rings. The fourth-order valence-corrected chi connectivity index (χ4v) is 4.10. The summed E-state index contributed by atoms with van der Waals surface area (Å²) in [6.07, 6.45) is -0.353. The number of carbonyl (C=O) groups is 3. The van der Waals surface area contributed by atoms with Crippen LogP contribution in [0, 0.1) is 11.8 Å². The van der Waals surface area contributed by atoms with Crippen molar-refractivity contribution in [1.82, 2.24) is 0 Å². The Labute approximate surface area is 190 Å². The van der Waals surface area contributed by atoms with Crippen LogP contribution in [0.4, 0.5) is 0 Å². The maximum atomic E-state index is 13.3. The molecule has 0 radical (unpaired) electrons. The van der Waals surface area contributed by atoms with E-state index in [2.05, 4.69) is 0 Å². The summed E-state index contributed by atoms with van der Waals surface area (Å²) in [7, 11) is 0. The molecule has 7 heteroatoms. The molecule has 1 fully saturated rings. The van der Waals surface area contributed by atoms with Gasteiger partial charge in [0.1, 0.15) is 22.9 Å². The van der Waals surface area contributed by atoms with Gasteiger partial charge in [0.15, 0.2) is 5.78 Å². The Kier molecular flexibility index (Phi) is 7.45. The third-order valence-corrected chi connectivity index (χ3v) is 5.16. The summed E-state index contributed by atoms with van der Waals surface area (Å²) >= 11 is 0. The number of rotatable bonds is 5. The Bertz CT molecular complexity index is 841. The molecule has 32 heavy (non-hydrogen) atoms. The summed E-state index contributed by atoms with van der Waals surface area (Å²) in [6, 6.07) is 6.84. The molecule has 4 atom stereocenters. The van der Waals surface area contributed by atoms with Crippen molar-refractivity contribution >= 4 is 17.7 Å². The van der Waals surface area contributed by atoms with Crippen LogP contribution in [0.25, 0.3) is 0 Å². The number of ether oxygens (including phenoxy) is 3. The smallest absolute Gasteiger partial charge is 0.317 e. The largest absolute Gasteiger partial charge is 0.494 e. The van der Waals surface area contributed by atoms with Crippen molar-refractivity contribution in [2.24, 2.45) is 11.8 Å². The van der Waals surface area contributed by atoms with Crippen LogP contribution in [-0.4, -0.2) is 46.2 Å². The van der Waals surface area contributed by atoms with E-state index in [0.717, 1.165) is 0 Å². The van der Waals surface area contributed by atoms with E-state index >= 15 is 0 Å². The molecule has 0 heterocycles. The number of aliphatic hydroxyl groups is 1. The second-order valence-corrected chi connectivity index (χ2v) is 10.6.